The fraction of sp³-hybridized carbons (Fsp3) is 0.160. The lowest BCUT2D eigenvalue weighted by Gasteiger charge is -2.07. The van der Waals surface area contributed by atoms with E-state index in [-0.39, 0.29) is 6.54 Å². The number of hydrogen-bond donors (Lipinski definition) is 3. The number of anilines is 1. The third kappa shape index (κ3) is 5.61. The van der Waals surface area contributed by atoms with Crippen molar-refractivity contribution in [1.82, 2.24) is 20.1 Å². The highest BCUT2D eigenvalue weighted by atomic mass is 35.5. The van der Waals surface area contributed by atoms with Crippen molar-refractivity contribution < 1.29 is 18.8 Å². The van der Waals surface area contributed by atoms with Crippen LogP contribution in [0.4, 0.5) is 5.69 Å². The fourth-order valence-electron chi connectivity index (χ4n) is 3.43. The first-order chi connectivity index (χ1) is 17.2. The topological polar surface area (TPSA) is 130 Å². The number of fused-ring (bicyclic) bond motifs is 1. The number of aryl methyl sites for hydroxylation is 3. The van der Waals surface area contributed by atoms with Crippen LogP contribution in [0.2, 0.25) is 5.02 Å². The Morgan fingerprint density at radius 3 is 2.64 bits per heavy atom. The van der Waals surface area contributed by atoms with E-state index in [2.05, 4.69) is 26.1 Å². The zero-order chi connectivity index (χ0) is 25.8. The van der Waals surface area contributed by atoms with Crippen LogP contribution in [0.1, 0.15) is 38.8 Å². The van der Waals surface area contributed by atoms with Gasteiger partial charge in [-0.05, 0) is 68.3 Å². The summed E-state index contributed by atoms with van der Waals surface area (Å²) in [5, 5.41) is 9.45. The molecule has 0 aliphatic rings. The van der Waals surface area contributed by atoms with Crippen LogP contribution in [0, 0.1) is 20.8 Å². The molecule has 0 saturated heterocycles. The molecular formula is C25H23ClN6O4. The van der Waals surface area contributed by atoms with Crippen molar-refractivity contribution in [1.29, 1.82) is 0 Å². The van der Waals surface area contributed by atoms with Crippen molar-refractivity contribution in [3.05, 3.63) is 87.7 Å². The first-order valence-electron chi connectivity index (χ1n) is 10.9. The van der Waals surface area contributed by atoms with Gasteiger partial charge >= 0.3 is 11.8 Å². The van der Waals surface area contributed by atoms with Gasteiger partial charge in [0, 0.05) is 11.9 Å². The van der Waals surface area contributed by atoms with E-state index in [9.17, 15) is 14.4 Å². The Kier molecular flexibility index (Phi) is 7.16. The van der Waals surface area contributed by atoms with Gasteiger partial charge in [-0.3, -0.25) is 18.8 Å². The van der Waals surface area contributed by atoms with Gasteiger partial charge in [-0.2, -0.15) is 5.10 Å². The van der Waals surface area contributed by atoms with E-state index in [4.69, 9.17) is 16.0 Å². The number of aromatic nitrogens is 2. The average molecular weight is 507 g/mol. The number of pyridine rings is 1. The highest BCUT2D eigenvalue weighted by Crippen LogP contribution is 2.16. The molecule has 0 aliphatic carbocycles. The molecule has 3 heterocycles. The lowest BCUT2D eigenvalue weighted by atomic mass is 10.1. The predicted molar refractivity (Wildman–Crippen MR) is 135 cm³/mol. The van der Waals surface area contributed by atoms with Gasteiger partial charge in [0.2, 0.25) is 0 Å². The molecule has 0 radical (unpaired) electrons. The van der Waals surface area contributed by atoms with Crippen LogP contribution in [0.25, 0.3) is 5.65 Å². The minimum atomic E-state index is -0.796. The summed E-state index contributed by atoms with van der Waals surface area (Å²) >= 11 is 6.03. The molecule has 10 nitrogen and oxygen atoms in total. The van der Waals surface area contributed by atoms with Gasteiger partial charge in [0.05, 0.1) is 23.5 Å². The largest absolute Gasteiger partial charge is 0.458 e. The standard InChI is InChI=1S/C25H23ClN6O4/c1-14-4-6-18(10-15(14)2)30-25(35)24(34)27-11-19-7-8-20(36-19)12-28-31-23(33)22-16(3)29-21-9-5-17(26)13-32(21)22/h4-10,12-13H,11H2,1-3H3,(H,27,34)(H,30,35)(H,31,33)/b28-12+. The molecule has 0 saturated carbocycles. The molecule has 3 N–H and O–H groups in total. The van der Waals surface area contributed by atoms with E-state index < -0.39 is 17.7 Å². The number of halogens is 1. The highest BCUT2D eigenvalue weighted by Gasteiger charge is 2.17. The van der Waals surface area contributed by atoms with Crippen molar-refractivity contribution >= 4 is 46.9 Å². The Bertz CT molecular complexity index is 1500. The van der Waals surface area contributed by atoms with Crippen molar-refractivity contribution in [2.45, 2.75) is 27.3 Å². The van der Waals surface area contributed by atoms with Gasteiger partial charge in [0.15, 0.2) is 0 Å². The normalized spacial score (nSPS) is 11.1. The molecule has 4 aromatic rings. The summed E-state index contributed by atoms with van der Waals surface area (Å²) in [6.45, 7) is 5.60. The summed E-state index contributed by atoms with van der Waals surface area (Å²) in [6, 6.07) is 12.0. The second kappa shape index (κ2) is 10.4. The minimum Gasteiger partial charge on any atom is -0.458 e. The molecular weight excluding hydrogens is 484 g/mol. The Hall–Kier alpha value is -4.44. The van der Waals surface area contributed by atoms with E-state index >= 15 is 0 Å². The second-order valence-corrected chi connectivity index (χ2v) is 8.50. The van der Waals surface area contributed by atoms with Gasteiger partial charge in [-0.25, -0.2) is 10.4 Å². The van der Waals surface area contributed by atoms with E-state index in [1.807, 2.05) is 19.9 Å². The number of furan rings is 1. The number of benzene rings is 1. The van der Waals surface area contributed by atoms with Crippen molar-refractivity contribution in [3.8, 4) is 0 Å². The number of carbonyl (C=O) groups is 3. The van der Waals surface area contributed by atoms with E-state index in [0.29, 0.717) is 39.3 Å². The number of imidazole rings is 1. The van der Waals surface area contributed by atoms with Crippen LogP contribution in [0.5, 0.6) is 0 Å². The molecule has 0 atom stereocenters. The van der Waals surface area contributed by atoms with Crippen LogP contribution in [-0.4, -0.2) is 33.3 Å². The third-order valence-electron chi connectivity index (χ3n) is 5.41. The Labute approximate surface area is 211 Å². The molecule has 0 aliphatic heterocycles. The summed E-state index contributed by atoms with van der Waals surface area (Å²) in [6.07, 6.45) is 2.92. The quantitative estimate of drug-likeness (QED) is 0.209. The van der Waals surface area contributed by atoms with Gasteiger partial charge in [-0.15, -0.1) is 0 Å². The van der Waals surface area contributed by atoms with E-state index in [0.717, 1.165) is 11.1 Å². The average Bonchev–Trinajstić information content (AvgIpc) is 3.42. The molecule has 4 rings (SSSR count). The maximum absolute atomic E-state index is 12.6. The Balaban J connectivity index is 1.30. The van der Waals surface area contributed by atoms with Gasteiger partial charge in [-0.1, -0.05) is 17.7 Å². The number of hydrogen-bond acceptors (Lipinski definition) is 6. The molecule has 0 fully saturated rings. The lowest BCUT2D eigenvalue weighted by molar-refractivity contribution is -0.136. The third-order valence-corrected chi connectivity index (χ3v) is 5.63. The molecule has 3 aromatic heterocycles. The Morgan fingerprint density at radius 1 is 1.06 bits per heavy atom. The van der Waals surface area contributed by atoms with Crippen LogP contribution in [0.15, 0.2) is 58.2 Å². The van der Waals surface area contributed by atoms with Crippen LogP contribution >= 0.6 is 11.6 Å². The lowest BCUT2D eigenvalue weighted by Crippen LogP contribution is -2.34. The van der Waals surface area contributed by atoms with Crippen LogP contribution in [0.3, 0.4) is 0 Å². The number of nitrogens with zero attached hydrogens (tertiary/aromatic N) is 3. The first-order valence-corrected chi connectivity index (χ1v) is 11.3. The summed E-state index contributed by atoms with van der Waals surface area (Å²) in [4.78, 5) is 41.2. The SMILES string of the molecule is Cc1ccc(NC(=O)C(=O)NCc2ccc(/C=N/NC(=O)c3c(C)nc4ccc(Cl)cn34)o2)cc1C. The number of nitrogens with one attached hydrogen (secondary N) is 3. The van der Waals surface area contributed by atoms with Gasteiger partial charge in [0.1, 0.15) is 22.9 Å². The molecule has 184 valence electrons. The predicted octanol–water partition coefficient (Wildman–Crippen LogP) is 3.52. The zero-order valence-corrected chi connectivity index (χ0v) is 20.5. The zero-order valence-electron chi connectivity index (χ0n) is 19.8. The van der Waals surface area contributed by atoms with Crippen LogP contribution < -0.4 is 16.1 Å². The Morgan fingerprint density at radius 2 is 1.86 bits per heavy atom. The van der Waals surface area contributed by atoms with E-state index in [1.54, 1.807) is 53.9 Å². The summed E-state index contributed by atoms with van der Waals surface area (Å²) in [7, 11) is 0. The molecule has 11 heteroatoms. The van der Waals surface area contributed by atoms with Crippen molar-refractivity contribution in [2.75, 3.05) is 5.32 Å². The molecule has 36 heavy (non-hydrogen) atoms. The second-order valence-electron chi connectivity index (χ2n) is 8.06. The monoisotopic (exact) mass is 506 g/mol. The van der Waals surface area contributed by atoms with Gasteiger partial charge in [0.25, 0.3) is 5.91 Å². The van der Waals surface area contributed by atoms with Crippen molar-refractivity contribution in [3.63, 3.8) is 0 Å². The highest BCUT2D eigenvalue weighted by molar-refractivity contribution is 6.39. The molecule has 1 aromatic carbocycles. The molecule has 0 spiro atoms. The summed E-state index contributed by atoms with van der Waals surface area (Å²) < 4.78 is 7.15. The molecule has 3 amide bonds. The maximum Gasteiger partial charge on any atom is 0.313 e. The fourth-order valence-corrected chi connectivity index (χ4v) is 3.59. The first kappa shape index (κ1) is 24.7. The molecule has 0 unspecified atom stereocenters. The van der Waals surface area contributed by atoms with E-state index in [1.165, 1.54) is 6.21 Å². The summed E-state index contributed by atoms with van der Waals surface area (Å²) in [5.74, 6) is -1.29. The number of amides is 3. The molecule has 0 bridgehead atoms. The van der Waals surface area contributed by atoms with Crippen LogP contribution in [-0.2, 0) is 16.1 Å². The van der Waals surface area contributed by atoms with Crippen molar-refractivity contribution in [2.24, 2.45) is 5.10 Å². The number of rotatable bonds is 6. The number of hydrazone groups is 1. The number of carbonyl (C=O) groups excluding carboxylic acids is 3. The maximum atomic E-state index is 12.6. The smallest absolute Gasteiger partial charge is 0.313 e. The summed E-state index contributed by atoms with van der Waals surface area (Å²) in [5.41, 5.74) is 6.50. The minimum absolute atomic E-state index is 0.00114. The van der Waals surface area contributed by atoms with Gasteiger partial charge < -0.3 is 15.1 Å².